The zero-order valence-electron chi connectivity index (χ0n) is 6.55. The highest BCUT2D eigenvalue weighted by Crippen LogP contribution is 2.22. The van der Waals surface area contributed by atoms with Gasteiger partial charge in [-0.3, -0.25) is 0 Å². The first-order valence-electron chi connectivity index (χ1n) is 3.12. The van der Waals surface area contributed by atoms with Crippen molar-refractivity contribution in [3.63, 3.8) is 0 Å². The molecule has 0 bridgehead atoms. The van der Waals surface area contributed by atoms with Gasteiger partial charge in [0.1, 0.15) is 6.07 Å². The van der Waals surface area contributed by atoms with Crippen molar-refractivity contribution in [2.24, 2.45) is 0 Å². The Morgan fingerprint density at radius 3 is 2.38 bits per heavy atom. The van der Waals surface area contributed by atoms with Crippen LogP contribution < -0.4 is 5.11 Å². The summed E-state index contributed by atoms with van der Waals surface area (Å²) in [7, 11) is 0. The van der Waals surface area contributed by atoms with E-state index in [0.29, 0.717) is 6.92 Å². The molecular formula is C7H5F3NO2-. The molecule has 6 heteroatoms. The van der Waals surface area contributed by atoms with Crippen molar-refractivity contribution in [1.82, 2.24) is 0 Å². The van der Waals surface area contributed by atoms with E-state index in [9.17, 15) is 23.1 Å². The van der Waals surface area contributed by atoms with E-state index in [1.165, 1.54) is 0 Å². The normalized spacial score (nSPS) is 16.5. The molecule has 1 unspecified atom stereocenters. The molecule has 0 aliphatic rings. The molecule has 0 rings (SSSR count). The van der Waals surface area contributed by atoms with Crippen molar-refractivity contribution in [2.45, 2.75) is 19.0 Å². The van der Waals surface area contributed by atoms with Gasteiger partial charge in [-0.2, -0.15) is 5.26 Å². The molecule has 0 N–H and O–H groups in total. The summed E-state index contributed by atoms with van der Waals surface area (Å²) >= 11 is 0. The Morgan fingerprint density at radius 1 is 1.69 bits per heavy atom. The summed E-state index contributed by atoms with van der Waals surface area (Å²) < 4.78 is 36.4. The standard InChI is InChI=1S/C7H6F3NO2/c1-7(10,6(8)9)2-4(3-11)5(12)13/h2,6H,1H3,(H,12,13)/p-1/b4-2-. The molecule has 0 radical (unpaired) electrons. The van der Waals surface area contributed by atoms with Gasteiger partial charge >= 0.3 is 0 Å². The van der Waals surface area contributed by atoms with Crippen LogP contribution in [0.4, 0.5) is 13.2 Å². The Kier molecular flexibility index (Phi) is 3.48. The predicted molar refractivity (Wildman–Crippen MR) is 34.2 cm³/mol. The first-order valence-corrected chi connectivity index (χ1v) is 3.12. The lowest BCUT2D eigenvalue weighted by molar-refractivity contribution is -0.298. The second kappa shape index (κ2) is 3.94. The van der Waals surface area contributed by atoms with Gasteiger partial charge in [-0.1, -0.05) is 0 Å². The minimum atomic E-state index is -3.39. The van der Waals surface area contributed by atoms with Crippen LogP contribution in [0.25, 0.3) is 0 Å². The summed E-state index contributed by atoms with van der Waals surface area (Å²) in [5, 5.41) is 18.1. The number of aliphatic carboxylic acids is 1. The molecule has 13 heavy (non-hydrogen) atoms. The highest BCUT2D eigenvalue weighted by molar-refractivity contribution is 5.89. The van der Waals surface area contributed by atoms with Crippen LogP contribution in [-0.2, 0) is 4.79 Å². The van der Waals surface area contributed by atoms with Crippen LogP contribution in [0.3, 0.4) is 0 Å². The maximum atomic E-state index is 12.7. The average Bonchev–Trinajstić information content (AvgIpc) is 1.99. The lowest BCUT2D eigenvalue weighted by Crippen LogP contribution is -2.30. The van der Waals surface area contributed by atoms with Crippen LogP contribution in [0.5, 0.6) is 0 Å². The highest BCUT2D eigenvalue weighted by atomic mass is 19.3. The molecular weight excluding hydrogens is 187 g/mol. The molecule has 0 saturated carbocycles. The fourth-order valence-electron chi connectivity index (χ4n) is 0.482. The van der Waals surface area contributed by atoms with Gasteiger partial charge in [0.05, 0.1) is 11.5 Å². The topological polar surface area (TPSA) is 63.9 Å². The van der Waals surface area contributed by atoms with Gasteiger partial charge in [0, 0.05) is 0 Å². The van der Waals surface area contributed by atoms with E-state index in [0.717, 1.165) is 6.07 Å². The van der Waals surface area contributed by atoms with Crippen LogP contribution in [0.2, 0.25) is 0 Å². The van der Waals surface area contributed by atoms with Gasteiger partial charge in [0.25, 0.3) is 6.43 Å². The van der Waals surface area contributed by atoms with E-state index in [4.69, 9.17) is 5.26 Å². The zero-order chi connectivity index (χ0) is 10.6. The second-order valence-corrected chi connectivity index (χ2v) is 2.41. The maximum Gasteiger partial charge on any atom is 0.275 e. The number of halogens is 3. The summed E-state index contributed by atoms with van der Waals surface area (Å²) in [6, 6.07) is 1.04. The number of carbonyl (C=O) groups is 1. The van der Waals surface area contributed by atoms with Crippen LogP contribution in [0.15, 0.2) is 11.6 Å². The van der Waals surface area contributed by atoms with Crippen LogP contribution in [-0.4, -0.2) is 18.1 Å². The molecule has 0 aromatic rings. The van der Waals surface area contributed by atoms with Crippen molar-refractivity contribution in [1.29, 1.82) is 5.26 Å². The Morgan fingerprint density at radius 2 is 2.15 bits per heavy atom. The smallest absolute Gasteiger partial charge is 0.275 e. The molecule has 0 heterocycles. The number of alkyl halides is 3. The van der Waals surface area contributed by atoms with Crippen molar-refractivity contribution in [2.75, 3.05) is 0 Å². The predicted octanol–water partition coefficient (Wildman–Crippen LogP) is 0.180. The van der Waals surface area contributed by atoms with Crippen LogP contribution in [0.1, 0.15) is 6.92 Å². The Labute approximate surface area is 72.1 Å². The zero-order valence-corrected chi connectivity index (χ0v) is 6.55. The molecule has 0 aliphatic heterocycles. The largest absolute Gasteiger partial charge is 0.544 e. The van der Waals surface area contributed by atoms with Gasteiger partial charge in [-0.05, 0) is 13.0 Å². The molecule has 0 amide bonds. The average molecular weight is 192 g/mol. The first kappa shape index (κ1) is 11.5. The van der Waals surface area contributed by atoms with Crippen molar-refractivity contribution >= 4 is 5.97 Å². The summed E-state index contributed by atoms with van der Waals surface area (Å²) in [5.74, 6) is -1.98. The Hall–Kier alpha value is -1.51. The molecule has 0 aromatic heterocycles. The molecule has 0 saturated heterocycles. The number of carboxylic acids is 1. The van der Waals surface area contributed by atoms with E-state index in [2.05, 4.69) is 0 Å². The van der Waals surface area contributed by atoms with Crippen LogP contribution >= 0.6 is 0 Å². The van der Waals surface area contributed by atoms with E-state index in [-0.39, 0.29) is 6.08 Å². The molecule has 0 spiro atoms. The Balaban J connectivity index is 4.92. The molecule has 0 fully saturated rings. The fourth-order valence-corrected chi connectivity index (χ4v) is 0.482. The van der Waals surface area contributed by atoms with Gasteiger partial charge in [-0.15, -0.1) is 0 Å². The second-order valence-electron chi connectivity index (χ2n) is 2.41. The molecule has 0 aliphatic carbocycles. The highest BCUT2D eigenvalue weighted by Gasteiger charge is 2.33. The number of hydrogen-bond acceptors (Lipinski definition) is 3. The van der Waals surface area contributed by atoms with Crippen molar-refractivity contribution < 1.29 is 23.1 Å². The SMILES string of the molecule is CC(F)(/C=C(/C#N)C(=O)[O-])C(F)F. The van der Waals surface area contributed by atoms with E-state index in [1.807, 2.05) is 0 Å². The van der Waals surface area contributed by atoms with Crippen molar-refractivity contribution in [3.05, 3.63) is 11.6 Å². The lowest BCUT2D eigenvalue weighted by Gasteiger charge is -2.15. The van der Waals surface area contributed by atoms with Gasteiger partial charge in [0.2, 0.25) is 0 Å². The summed E-state index contributed by atoms with van der Waals surface area (Å²) in [6.07, 6.45) is -3.36. The fraction of sp³-hybridized carbons (Fsp3) is 0.429. The monoisotopic (exact) mass is 192 g/mol. The van der Waals surface area contributed by atoms with Crippen LogP contribution in [0, 0.1) is 11.3 Å². The number of allylic oxidation sites excluding steroid dienone is 1. The quantitative estimate of drug-likeness (QED) is 0.473. The van der Waals surface area contributed by atoms with E-state index < -0.39 is 23.6 Å². The molecule has 3 nitrogen and oxygen atoms in total. The van der Waals surface area contributed by atoms with E-state index in [1.54, 1.807) is 0 Å². The first-order chi connectivity index (χ1) is 5.81. The van der Waals surface area contributed by atoms with Gasteiger partial charge in [0.15, 0.2) is 5.67 Å². The number of nitriles is 1. The third-order valence-corrected chi connectivity index (χ3v) is 1.19. The third-order valence-electron chi connectivity index (χ3n) is 1.19. The number of nitrogens with zero attached hydrogens (tertiary/aromatic N) is 1. The summed E-state index contributed by atoms with van der Waals surface area (Å²) in [6.45, 7) is 0.470. The minimum Gasteiger partial charge on any atom is -0.544 e. The van der Waals surface area contributed by atoms with Crippen molar-refractivity contribution in [3.8, 4) is 6.07 Å². The van der Waals surface area contributed by atoms with E-state index >= 15 is 0 Å². The van der Waals surface area contributed by atoms with Gasteiger partial charge < -0.3 is 9.90 Å². The Bertz CT molecular complexity index is 278. The lowest BCUT2D eigenvalue weighted by atomic mass is 10.1. The van der Waals surface area contributed by atoms with Gasteiger partial charge in [-0.25, -0.2) is 13.2 Å². The molecule has 1 atom stereocenters. The number of carboxylic acid groups (broad SMARTS) is 1. The molecule has 72 valence electrons. The minimum absolute atomic E-state index is 0.0347. The molecule has 0 aromatic carbocycles. The number of hydrogen-bond donors (Lipinski definition) is 0. The number of rotatable bonds is 3. The third kappa shape index (κ3) is 3.15. The maximum absolute atomic E-state index is 12.7. The summed E-state index contributed by atoms with van der Waals surface area (Å²) in [4.78, 5) is 10.0. The number of carbonyl (C=O) groups excluding carboxylic acids is 1. The summed E-state index contributed by atoms with van der Waals surface area (Å²) in [5.41, 5.74) is -4.28.